The molecule has 0 unspecified atom stereocenters. The number of hydrogen-bond acceptors (Lipinski definition) is 7. The van der Waals surface area contributed by atoms with Crippen molar-refractivity contribution >= 4 is 34.0 Å². The van der Waals surface area contributed by atoms with Crippen molar-refractivity contribution in [2.75, 3.05) is 32.2 Å². The third kappa shape index (κ3) is 4.03. The molecule has 0 bridgehead atoms. The van der Waals surface area contributed by atoms with E-state index < -0.39 is 22.9 Å². The Morgan fingerprint density at radius 2 is 1.90 bits per heavy atom. The second kappa shape index (κ2) is 9.47. The molecule has 1 aliphatic rings. The first kappa shape index (κ1) is 25.0. The van der Waals surface area contributed by atoms with E-state index >= 15 is 0 Å². The number of anilines is 1. The summed E-state index contributed by atoms with van der Waals surface area (Å²) in [5.41, 5.74) is -0.920. The maximum atomic E-state index is 14.1. The quantitative estimate of drug-likeness (QED) is 0.329. The Hall–Kier alpha value is -4.29. The number of nitrogens with zero attached hydrogens (tertiary/aromatic N) is 6. The average molecular weight is 555 g/mol. The molecule has 200 valence electrons. The summed E-state index contributed by atoms with van der Waals surface area (Å²) in [6.07, 6.45) is 3.42. The predicted octanol–water partition coefficient (Wildman–Crippen LogP) is 3.35. The number of imidazole rings is 1. The summed E-state index contributed by atoms with van der Waals surface area (Å²) in [7, 11) is 3.01. The molecule has 0 N–H and O–H groups in total. The van der Waals surface area contributed by atoms with Crippen LogP contribution in [0.3, 0.4) is 0 Å². The number of halogens is 3. The fraction of sp³-hybridized carbons (Fsp3) is 0.231. The van der Waals surface area contributed by atoms with E-state index in [1.807, 2.05) is 4.90 Å². The molecule has 1 saturated heterocycles. The second-order valence-corrected chi connectivity index (χ2v) is 9.43. The van der Waals surface area contributed by atoms with Crippen molar-refractivity contribution in [3.8, 4) is 17.4 Å². The SMILES string of the molecule is COc1nc(N2CC[C@@H](OC)C2)cc2c1c(=O)n(-c1cnc3cc(F)ccn13)c(=O)n2-c1ccc(F)c(Cl)c1. The van der Waals surface area contributed by atoms with E-state index in [-0.39, 0.29) is 45.1 Å². The van der Waals surface area contributed by atoms with E-state index in [0.29, 0.717) is 18.9 Å². The van der Waals surface area contributed by atoms with Crippen LogP contribution in [0, 0.1) is 11.6 Å². The van der Waals surface area contributed by atoms with Gasteiger partial charge >= 0.3 is 5.69 Å². The molecule has 10 nitrogen and oxygen atoms in total. The molecule has 0 saturated carbocycles. The molecule has 13 heteroatoms. The molecule has 0 aliphatic carbocycles. The van der Waals surface area contributed by atoms with E-state index in [1.165, 1.54) is 52.7 Å². The lowest BCUT2D eigenvalue weighted by Gasteiger charge is -2.21. The van der Waals surface area contributed by atoms with Crippen molar-refractivity contribution in [1.29, 1.82) is 0 Å². The highest BCUT2D eigenvalue weighted by molar-refractivity contribution is 6.30. The number of hydrogen-bond donors (Lipinski definition) is 0. The molecule has 1 fully saturated rings. The highest BCUT2D eigenvalue weighted by atomic mass is 35.5. The molecule has 5 heterocycles. The molecule has 5 aromatic rings. The van der Waals surface area contributed by atoms with Crippen LogP contribution < -0.4 is 20.9 Å². The van der Waals surface area contributed by atoms with Crippen LogP contribution in [0.1, 0.15) is 6.42 Å². The van der Waals surface area contributed by atoms with Crippen LogP contribution in [-0.4, -0.2) is 56.9 Å². The van der Waals surface area contributed by atoms with Gasteiger partial charge in [-0.25, -0.2) is 23.1 Å². The van der Waals surface area contributed by atoms with E-state index in [9.17, 15) is 18.4 Å². The zero-order valence-electron chi connectivity index (χ0n) is 20.8. The Bertz CT molecular complexity index is 1890. The van der Waals surface area contributed by atoms with Crippen LogP contribution in [0.5, 0.6) is 5.88 Å². The van der Waals surface area contributed by atoms with Crippen molar-refractivity contribution in [1.82, 2.24) is 23.5 Å². The fourth-order valence-corrected chi connectivity index (χ4v) is 5.07. The van der Waals surface area contributed by atoms with Gasteiger partial charge in [-0.1, -0.05) is 11.6 Å². The standard InChI is InChI=1S/C26H21ClF2N6O4/c1-38-16-6-7-32(13-16)21-11-19-23(24(31-21)39-2)25(36)35(22-12-30-20-9-14(28)5-8-33(20)22)26(37)34(19)15-3-4-18(29)17(27)10-15/h3-5,8-12,16H,6-7,13H2,1-2H3/t16-/m1/s1. The fourth-order valence-electron chi connectivity index (χ4n) is 4.90. The van der Waals surface area contributed by atoms with Gasteiger partial charge in [0.1, 0.15) is 34.3 Å². The Kier molecular flexibility index (Phi) is 6.07. The monoisotopic (exact) mass is 554 g/mol. The first-order chi connectivity index (χ1) is 18.8. The second-order valence-electron chi connectivity index (χ2n) is 9.02. The Labute approximate surface area is 224 Å². The Morgan fingerprint density at radius 1 is 1.08 bits per heavy atom. The van der Waals surface area contributed by atoms with Gasteiger partial charge in [0.2, 0.25) is 5.88 Å². The van der Waals surface area contributed by atoms with Crippen molar-refractivity contribution in [2.24, 2.45) is 0 Å². The largest absolute Gasteiger partial charge is 0.480 e. The van der Waals surface area contributed by atoms with Gasteiger partial charge in [-0.15, -0.1) is 0 Å². The van der Waals surface area contributed by atoms with E-state index in [4.69, 9.17) is 21.1 Å². The number of fused-ring (bicyclic) bond motifs is 2. The summed E-state index contributed by atoms with van der Waals surface area (Å²) in [5.74, 6) is -0.665. The average Bonchev–Trinajstić information content (AvgIpc) is 3.57. The molecular weight excluding hydrogens is 534 g/mol. The van der Waals surface area contributed by atoms with Crippen molar-refractivity contribution in [3.63, 3.8) is 0 Å². The molecule has 4 aromatic heterocycles. The molecular formula is C26H21ClF2N6O4. The van der Waals surface area contributed by atoms with Crippen molar-refractivity contribution < 1.29 is 18.3 Å². The lowest BCUT2D eigenvalue weighted by molar-refractivity contribution is 0.121. The molecule has 0 amide bonds. The number of pyridine rings is 2. The minimum Gasteiger partial charge on any atom is -0.480 e. The van der Waals surface area contributed by atoms with Gasteiger partial charge in [0.05, 0.1) is 35.6 Å². The summed E-state index contributed by atoms with van der Waals surface area (Å²) in [6, 6.07) is 7.77. The lowest BCUT2D eigenvalue weighted by atomic mass is 10.2. The summed E-state index contributed by atoms with van der Waals surface area (Å²) in [5, 5.41) is -0.208. The van der Waals surface area contributed by atoms with Gasteiger partial charge in [0.25, 0.3) is 5.56 Å². The summed E-state index contributed by atoms with van der Waals surface area (Å²) in [4.78, 5) is 38.8. The smallest absolute Gasteiger partial charge is 0.342 e. The highest BCUT2D eigenvalue weighted by Crippen LogP contribution is 2.30. The summed E-state index contributed by atoms with van der Waals surface area (Å²) in [6.45, 7) is 1.20. The minimum absolute atomic E-state index is 0.000394. The first-order valence-corrected chi connectivity index (χ1v) is 12.3. The Balaban J connectivity index is 1.72. The van der Waals surface area contributed by atoms with Crippen LogP contribution in [0.4, 0.5) is 14.6 Å². The summed E-state index contributed by atoms with van der Waals surface area (Å²) < 4.78 is 42.5. The maximum Gasteiger partial charge on any atom is 0.342 e. The third-order valence-electron chi connectivity index (χ3n) is 6.83. The number of benzene rings is 1. The van der Waals surface area contributed by atoms with Gasteiger partial charge in [0, 0.05) is 38.5 Å². The van der Waals surface area contributed by atoms with Crippen LogP contribution in [0.15, 0.2) is 58.4 Å². The Morgan fingerprint density at radius 3 is 2.62 bits per heavy atom. The summed E-state index contributed by atoms with van der Waals surface area (Å²) >= 11 is 6.09. The molecule has 1 atom stereocenters. The zero-order valence-corrected chi connectivity index (χ0v) is 21.5. The zero-order chi connectivity index (χ0) is 27.4. The molecule has 6 rings (SSSR count). The molecule has 1 aliphatic heterocycles. The van der Waals surface area contributed by atoms with Gasteiger partial charge in [-0.2, -0.15) is 4.98 Å². The molecule has 1 aromatic carbocycles. The molecule has 39 heavy (non-hydrogen) atoms. The molecule has 0 radical (unpaired) electrons. The highest BCUT2D eigenvalue weighted by Gasteiger charge is 2.27. The number of aromatic nitrogens is 5. The number of rotatable bonds is 5. The predicted molar refractivity (Wildman–Crippen MR) is 141 cm³/mol. The number of ether oxygens (including phenoxy) is 2. The van der Waals surface area contributed by atoms with Gasteiger partial charge in [-0.05, 0) is 30.7 Å². The van der Waals surface area contributed by atoms with E-state index in [0.717, 1.165) is 17.1 Å². The van der Waals surface area contributed by atoms with Gasteiger partial charge in [0.15, 0.2) is 0 Å². The van der Waals surface area contributed by atoms with Crippen LogP contribution in [0.2, 0.25) is 5.02 Å². The topological polar surface area (TPSA) is 95.9 Å². The lowest BCUT2D eigenvalue weighted by Crippen LogP contribution is -2.39. The van der Waals surface area contributed by atoms with Gasteiger partial charge < -0.3 is 14.4 Å². The van der Waals surface area contributed by atoms with Gasteiger partial charge in [-0.3, -0.25) is 13.8 Å². The molecule has 0 spiro atoms. The first-order valence-electron chi connectivity index (χ1n) is 11.9. The normalized spacial score (nSPS) is 15.5. The van der Waals surface area contributed by atoms with Crippen molar-refractivity contribution in [2.45, 2.75) is 12.5 Å². The maximum absolute atomic E-state index is 14.1. The number of methoxy groups -OCH3 is 2. The van der Waals surface area contributed by atoms with E-state index in [2.05, 4.69) is 9.97 Å². The van der Waals surface area contributed by atoms with Crippen LogP contribution >= 0.6 is 11.6 Å². The van der Waals surface area contributed by atoms with E-state index in [1.54, 1.807) is 13.2 Å². The minimum atomic E-state index is -0.781. The van der Waals surface area contributed by atoms with Crippen LogP contribution in [-0.2, 0) is 4.74 Å². The third-order valence-corrected chi connectivity index (χ3v) is 7.12. The van der Waals surface area contributed by atoms with Crippen molar-refractivity contribution in [3.05, 3.63) is 86.3 Å². The van der Waals surface area contributed by atoms with Crippen LogP contribution in [0.25, 0.3) is 28.1 Å².